The third-order valence-electron chi connectivity index (χ3n) is 4.19. The van der Waals surface area contributed by atoms with Crippen molar-refractivity contribution in [1.29, 1.82) is 0 Å². The van der Waals surface area contributed by atoms with Crippen molar-refractivity contribution in [3.05, 3.63) is 47.6 Å². The summed E-state index contributed by atoms with van der Waals surface area (Å²) in [5.41, 5.74) is 1.09. The van der Waals surface area contributed by atoms with Crippen LogP contribution in [0, 0.1) is 0 Å². The monoisotopic (exact) mass is 317 g/mol. The maximum atomic E-state index is 6.17. The van der Waals surface area contributed by atoms with Crippen LogP contribution in [-0.4, -0.2) is 46.0 Å². The lowest BCUT2D eigenvalue weighted by Crippen LogP contribution is -2.46. The van der Waals surface area contributed by atoms with Crippen LogP contribution in [0.2, 0.25) is 5.15 Å². The largest absolute Gasteiger partial charge is 0.355 e. The van der Waals surface area contributed by atoms with Crippen molar-refractivity contribution in [2.75, 3.05) is 25.0 Å². The summed E-state index contributed by atoms with van der Waals surface area (Å²) in [4.78, 5) is 17.2. The summed E-state index contributed by atoms with van der Waals surface area (Å²) in [6.45, 7) is 2.95. The molecule has 2 aromatic heterocycles. The molecule has 3 rings (SSSR count). The summed E-state index contributed by atoms with van der Waals surface area (Å²) in [7, 11) is 2.10. The highest BCUT2D eigenvalue weighted by molar-refractivity contribution is 6.30. The third-order valence-corrected chi connectivity index (χ3v) is 4.53. The van der Waals surface area contributed by atoms with Crippen LogP contribution in [0.3, 0.4) is 0 Å². The zero-order valence-corrected chi connectivity index (χ0v) is 13.4. The van der Waals surface area contributed by atoms with Gasteiger partial charge >= 0.3 is 0 Å². The van der Waals surface area contributed by atoms with Crippen molar-refractivity contribution < 1.29 is 0 Å². The predicted octanol–water partition coefficient (Wildman–Crippen LogP) is 2.63. The van der Waals surface area contributed by atoms with Crippen molar-refractivity contribution in [2.45, 2.75) is 25.4 Å². The first-order valence-electron chi connectivity index (χ1n) is 7.54. The van der Waals surface area contributed by atoms with E-state index in [9.17, 15) is 0 Å². The van der Waals surface area contributed by atoms with Gasteiger partial charge in [-0.25, -0.2) is 15.0 Å². The topological polar surface area (TPSA) is 45.2 Å². The van der Waals surface area contributed by atoms with E-state index in [4.69, 9.17) is 11.6 Å². The second-order valence-corrected chi connectivity index (χ2v) is 6.02. The van der Waals surface area contributed by atoms with Crippen LogP contribution in [0.1, 0.15) is 18.4 Å². The first-order chi connectivity index (χ1) is 10.7. The lowest BCUT2D eigenvalue weighted by atomic mass is 10.0. The Kier molecular flexibility index (Phi) is 4.85. The van der Waals surface area contributed by atoms with E-state index < -0.39 is 0 Å². The molecule has 22 heavy (non-hydrogen) atoms. The Bertz CT molecular complexity index is 606. The molecule has 0 N–H and O–H groups in total. The summed E-state index contributed by atoms with van der Waals surface area (Å²) in [6.07, 6.45) is 7.47. The van der Waals surface area contributed by atoms with E-state index in [2.05, 4.69) is 31.8 Å². The Balaban J connectivity index is 1.66. The molecular weight excluding hydrogens is 298 g/mol. The molecule has 0 saturated carbocycles. The molecule has 0 spiro atoms. The second-order valence-electron chi connectivity index (χ2n) is 5.66. The highest BCUT2D eigenvalue weighted by Crippen LogP contribution is 2.22. The fourth-order valence-corrected chi connectivity index (χ4v) is 3.13. The maximum Gasteiger partial charge on any atom is 0.133 e. The molecule has 1 saturated heterocycles. The fourth-order valence-electron chi connectivity index (χ4n) is 2.95. The van der Waals surface area contributed by atoms with E-state index in [0.29, 0.717) is 11.2 Å². The van der Waals surface area contributed by atoms with Crippen LogP contribution < -0.4 is 4.90 Å². The van der Waals surface area contributed by atoms with Gasteiger partial charge in [-0.3, -0.25) is 4.90 Å². The Labute approximate surface area is 136 Å². The molecule has 1 aliphatic heterocycles. The van der Waals surface area contributed by atoms with Crippen LogP contribution in [0.15, 0.2) is 36.9 Å². The smallest absolute Gasteiger partial charge is 0.133 e. The van der Waals surface area contributed by atoms with Crippen LogP contribution in [-0.2, 0) is 6.54 Å². The number of piperidine rings is 1. The standard InChI is InChI=1S/C16H20ClN5/c1-21(15-6-8-18-12-20-15)14-5-3-9-22(11-14)10-13-4-2-7-19-16(13)17/h2,4,6-8,12,14H,3,5,9-11H2,1H3. The van der Waals surface area contributed by atoms with Crippen molar-refractivity contribution in [1.82, 2.24) is 19.9 Å². The van der Waals surface area contributed by atoms with E-state index in [1.165, 1.54) is 12.8 Å². The molecule has 0 radical (unpaired) electrons. The highest BCUT2D eigenvalue weighted by atomic mass is 35.5. The number of pyridine rings is 1. The van der Waals surface area contributed by atoms with E-state index in [0.717, 1.165) is 31.0 Å². The molecule has 5 nitrogen and oxygen atoms in total. The van der Waals surface area contributed by atoms with Gasteiger partial charge in [0.2, 0.25) is 0 Å². The fraction of sp³-hybridized carbons (Fsp3) is 0.438. The van der Waals surface area contributed by atoms with Gasteiger partial charge in [0.25, 0.3) is 0 Å². The van der Waals surface area contributed by atoms with Crippen molar-refractivity contribution >= 4 is 17.4 Å². The average molecular weight is 318 g/mol. The van der Waals surface area contributed by atoms with Gasteiger partial charge in [-0.1, -0.05) is 17.7 Å². The van der Waals surface area contributed by atoms with Crippen LogP contribution in [0.25, 0.3) is 0 Å². The molecule has 1 atom stereocenters. The number of nitrogens with zero attached hydrogens (tertiary/aromatic N) is 5. The zero-order valence-electron chi connectivity index (χ0n) is 12.7. The number of aromatic nitrogens is 3. The molecule has 1 fully saturated rings. The minimum absolute atomic E-state index is 0.457. The molecule has 0 aliphatic carbocycles. The van der Waals surface area contributed by atoms with Gasteiger partial charge in [-0.2, -0.15) is 0 Å². The van der Waals surface area contributed by atoms with E-state index >= 15 is 0 Å². The summed E-state index contributed by atoms with van der Waals surface area (Å²) < 4.78 is 0. The summed E-state index contributed by atoms with van der Waals surface area (Å²) >= 11 is 6.17. The number of hydrogen-bond acceptors (Lipinski definition) is 5. The van der Waals surface area contributed by atoms with E-state index in [1.807, 2.05) is 18.2 Å². The quantitative estimate of drug-likeness (QED) is 0.811. The Morgan fingerprint density at radius 1 is 1.32 bits per heavy atom. The SMILES string of the molecule is CN(c1ccncn1)C1CCCN(Cc2cccnc2Cl)C1. The van der Waals surface area contributed by atoms with Gasteiger partial charge in [0.15, 0.2) is 0 Å². The Morgan fingerprint density at radius 2 is 2.23 bits per heavy atom. The second kappa shape index (κ2) is 7.03. The molecule has 2 aromatic rings. The molecule has 6 heteroatoms. The summed E-state index contributed by atoms with van der Waals surface area (Å²) in [5.74, 6) is 0.973. The predicted molar refractivity (Wildman–Crippen MR) is 88.0 cm³/mol. The highest BCUT2D eigenvalue weighted by Gasteiger charge is 2.24. The van der Waals surface area contributed by atoms with Crippen LogP contribution in [0.4, 0.5) is 5.82 Å². The van der Waals surface area contributed by atoms with Gasteiger partial charge in [-0.15, -0.1) is 0 Å². The number of halogens is 1. The summed E-state index contributed by atoms with van der Waals surface area (Å²) in [6, 6.07) is 6.40. The first kappa shape index (κ1) is 15.2. The molecular formula is C16H20ClN5. The first-order valence-corrected chi connectivity index (χ1v) is 7.92. The lowest BCUT2D eigenvalue weighted by molar-refractivity contribution is 0.198. The molecule has 3 heterocycles. The van der Waals surface area contributed by atoms with Gasteiger partial charge in [0, 0.05) is 44.1 Å². The van der Waals surface area contributed by atoms with Gasteiger partial charge in [0.1, 0.15) is 17.3 Å². The number of anilines is 1. The minimum atomic E-state index is 0.457. The maximum absolute atomic E-state index is 6.17. The summed E-state index contributed by atoms with van der Waals surface area (Å²) in [5, 5.41) is 0.605. The van der Waals surface area contributed by atoms with Crippen molar-refractivity contribution in [3.8, 4) is 0 Å². The van der Waals surface area contributed by atoms with Crippen molar-refractivity contribution in [2.24, 2.45) is 0 Å². The number of likely N-dealkylation sites (tertiary alicyclic amines) is 1. The normalized spacial score (nSPS) is 19.1. The van der Waals surface area contributed by atoms with Gasteiger partial charge in [-0.05, 0) is 31.5 Å². The van der Waals surface area contributed by atoms with Crippen LogP contribution in [0.5, 0.6) is 0 Å². The van der Waals surface area contributed by atoms with Crippen molar-refractivity contribution in [3.63, 3.8) is 0 Å². The van der Waals surface area contributed by atoms with Crippen LogP contribution >= 0.6 is 11.6 Å². The van der Waals surface area contributed by atoms with Gasteiger partial charge in [0.05, 0.1) is 0 Å². The molecule has 1 aliphatic rings. The lowest BCUT2D eigenvalue weighted by Gasteiger charge is -2.38. The molecule has 0 amide bonds. The number of likely N-dealkylation sites (N-methyl/N-ethyl adjacent to an activating group) is 1. The molecule has 0 bridgehead atoms. The molecule has 0 aromatic carbocycles. The molecule has 1 unspecified atom stereocenters. The third kappa shape index (κ3) is 3.54. The van der Waals surface area contributed by atoms with Gasteiger partial charge < -0.3 is 4.90 Å². The zero-order chi connectivity index (χ0) is 15.4. The minimum Gasteiger partial charge on any atom is -0.355 e. The number of hydrogen-bond donors (Lipinski definition) is 0. The average Bonchev–Trinajstić information content (AvgIpc) is 2.57. The van der Waals surface area contributed by atoms with E-state index in [-0.39, 0.29) is 0 Å². The Morgan fingerprint density at radius 3 is 3.00 bits per heavy atom. The number of rotatable bonds is 4. The Hall–Kier alpha value is -1.72. The molecule has 116 valence electrons. The van der Waals surface area contributed by atoms with E-state index in [1.54, 1.807) is 18.7 Å².